The molecule has 294 valence electrons. The molecule has 1 N–H and O–H groups in total. The number of amides is 1. The number of carbonyl (C=O) groups is 2. The van der Waals surface area contributed by atoms with Crippen molar-refractivity contribution in [2.45, 2.75) is 88.8 Å². The standard InChI is InChI=1S/C40H47F6N3O5/c1-52-33-22-26-15-18-49(27-10-5-4-6-11-27)23-31(26)35(53-2)34(33)30-14-8-12-28-25(9-7-13-29(28)30)21-32(36(50)54-3)47-37(51)38(40(44,45)46)16-19-48(20-17-38)24-39(41,42)43/h7-9,12-14,22,27,32H,4-6,10-11,15-21,23-24H2,1-3H3,(H,47,51)/t32-/m0/s1. The quantitative estimate of drug-likeness (QED) is 0.168. The Morgan fingerprint density at radius 2 is 1.59 bits per heavy atom. The number of hydrogen-bond acceptors (Lipinski definition) is 7. The van der Waals surface area contributed by atoms with Crippen LogP contribution < -0.4 is 14.8 Å². The molecule has 0 bridgehead atoms. The fraction of sp³-hybridized carbons (Fsp3) is 0.550. The molecule has 3 aliphatic rings. The first-order valence-corrected chi connectivity index (χ1v) is 18.5. The number of benzene rings is 3. The van der Waals surface area contributed by atoms with Gasteiger partial charge in [-0.1, -0.05) is 55.7 Å². The number of ether oxygens (including phenoxy) is 3. The molecule has 3 aromatic carbocycles. The molecule has 1 aliphatic carbocycles. The van der Waals surface area contributed by atoms with E-state index < -0.39 is 68.2 Å². The van der Waals surface area contributed by atoms with Gasteiger partial charge in [0.05, 0.1) is 33.4 Å². The van der Waals surface area contributed by atoms with E-state index >= 15 is 0 Å². The summed E-state index contributed by atoms with van der Waals surface area (Å²) in [4.78, 5) is 30.0. The van der Waals surface area contributed by atoms with Crippen LogP contribution in [0.25, 0.3) is 21.9 Å². The summed E-state index contributed by atoms with van der Waals surface area (Å²) in [5, 5.41) is 3.75. The molecule has 8 nitrogen and oxygen atoms in total. The number of methoxy groups -OCH3 is 3. The summed E-state index contributed by atoms with van der Waals surface area (Å²) in [6, 6.07) is 12.1. The van der Waals surface area contributed by atoms with Gasteiger partial charge < -0.3 is 19.5 Å². The summed E-state index contributed by atoms with van der Waals surface area (Å²) < 4.78 is 99.8. The van der Waals surface area contributed by atoms with Crippen molar-refractivity contribution in [3.63, 3.8) is 0 Å². The largest absolute Gasteiger partial charge is 0.496 e. The third-order valence-electron chi connectivity index (χ3n) is 11.6. The molecule has 3 aromatic rings. The van der Waals surface area contributed by atoms with E-state index in [0.29, 0.717) is 28.5 Å². The Hall–Kier alpha value is -4.04. The molecule has 0 radical (unpaired) electrons. The van der Waals surface area contributed by atoms with Gasteiger partial charge in [0.25, 0.3) is 0 Å². The lowest BCUT2D eigenvalue weighted by atomic mass is 9.76. The van der Waals surface area contributed by atoms with E-state index in [4.69, 9.17) is 14.2 Å². The molecule has 0 unspecified atom stereocenters. The average molecular weight is 764 g/mol. The van der Waals surface area contributed by atoms with Crippen LogP contribution in [0.5, 0.6) is 11.5 Å². The summed E-state index contributed by atoms with van der Waals surface area (Å²) in [6.07, 6.45) is -4.70. The number of alkyl halides is 6. The molecular weight excluding hydrogens is 716 g/mol. The van der Waals surface area contributed by atoms with Gasteiger partial charge in [-0.2, -0.15) is 26.3 Å². The molecule has 2 fully saturated rings. The van der Waals surface area contributed by atoms with Gasteiger partial charge in [0.15, 0.2) is 0 Å². The number of likely N-dealkylation sites (tertiary alicyclic amines) is 1. The van der Waals surface area contributed by atoms with Crippen LogP contribution in [0.4, 0.5) is 26.3 Å². The lowest BCUT2D eigenvalue weighted by Crippen LogP contribution is -2.59. The summed E-state index contributed by atoms with van der Waals surface area (Å²) in [5.41, 5.74) is 1.41. The first-order chi connectivity index (χ1) is 25.7. The van der Waals surface area contributed by atoms with E-state index in [-0.39, 0.29) is 6.42 Å². The first kappa shape index (κ1) is 39.6. The van der Waals surface area contributed by atoms with Crippen LogP contribution in [-0.4, -0.2) is 93.6 Å². The van der Waals surface area contributed by atoms with E-state index in [0.717, 1.165) is 53.6 Å². The number of carbonyl (C=O) groups excluding carboxylic acids is 2. The van der Waals surface area contributed by atoms with Crippen LogP contribution in [0.1, 0.15) is 61.6 Å². The van der Waals surface area contributed by atoms with E-state index in [9.17, 15) is 35.9 Å². The second-order valence-corrected chi connectivity index (χ2v) is 14.7. The van der Waals surface area contributed by atoms with Crippen molar-refractivity contribution >= 4 is 22.6 Å². The number of nitrogens with one attached hydrogen (secondary N) is 1. The fourth-order valence-electron chi connectivity index (χ4n) is 8.68. The fourth-order valence-corrected chi connectivity index (χ4v) is 8.68. The maximum atomic E-state index is 14.6. The second-order valence-electron chi connectivity index (χ2n) is 14.7. The lowest BCUT2D eigenvalue weighted by Gasteiger charge is -2.42. The Balaban J connectivity index is 1.33. The van der Waals surface area contributed by atoms with Gasteiger partial charge in [-0.15, -0.1) is 0 Å². The van der Waals surface area contributed by atoms with Gasteiger partial charge in [0.2, 0.25) is 5.91 Å². The Labute approximate surface area is 311 Å². The van der Waals surface area contributed by atoms with Crippen LogP contribution in [0.2, 0.25) is 0 Å². The molecule has 0 spiro atoms. The van der Waals surface area contributed by atoms with Crippen LogP contribution >= 0.6 is 0 Å². The second kappa shape index (κ2) is 16.0. The molecule has 1 atom stereocenters. The van der Waals surface area contributed by atoms with Crippen molar-refractivity contribution in [1.29, 1.82) is 0 Å². The van der Waals surface area contributed by atoms with Crippen LogP contribution in [-0.2, 0) is 33.7 Å². The maximum Gasteiger partial charge on any atom is 0.403 e. The summed E-state index contributed by atoms with van der Waals surface area (Å²) in [6.45, 7) is -0.847. The van der Waals surface area contributed by atoms with E-state index in [1.807, 2.05) is 24.3 Å². The lowest BCUT2D eigenvalue weighted by molar-refractivity contribution is -0.236. The maximum absolute atomic E-state index is 14.6. The zero-order valence-electron chi connectivity index (χ0n) is 30.8. The normalized spacial score (nSPS) is 19.2. The number of piperidine rings is 1. The summed E-state index contributed by atoms with van der Waals surface area (Å²) in [5.74, 6) is -1.08. The Kier molecular flexibility index (Phi) is 11.7. The van der Waals surface area contributed by atoms with E-state index in [2.05, 4.69) is 16.3 Å². The third-order valence-corrected chi connectivity index (χ3v) is 11.6. The van der Waals surface area contributed by atoms with Crippen molar-refractivity contribution in [2.24, 2.45) is 5.41 Å². The number of hydrogen-bond donors (Lipinski definition) is 1. The van der Waals surface area contributed by atoms with E-state index in [1.165, 1.54) is 37.7 Å². The van der Waals surface area contributed by atoms with Crippen LogP contribution in [0, 0.1) is 5.41 Å². The smallest absolute Gasteiger partial charge is 0.403 e. The summed E-state index contributed by atoms with van der Waals surface area (Å²) in [7, 11) is 4.32. The van der Waals surface area contributed by atoms with Crippen molar-refractivity contribution in [3.05, 3.63) is 59.2 Å². The minimum Gasteiger partial charge on any atom is -0.496 e. The van der Waals surface area contributed by atoms with Crippen LogP contribution in [0.15, 0.2) is 42.5 Å². The van der Waals surface area contributed by atoms with Gasteiger partial charge in [-0.3, -0.25) is 14.6 Å². The highest BCUT2D eigenvalue weighted by Gasteiger charge is 2.61. The number of esters is 1. The predicted octanol–water partition coefficient (Wildman–Crippen LogP) is 7.62. The zero-order chi connectivity index (χ0) is 38.8. The molecule has 0 aromatic heterocycles. The molecular formula is C40H47F6N3O5. The minimum atomic E-state index is -5.07. The minimum absolute atomic E-state index is 0.206. The Morgan fingerprint density at radius 1 is 0.907 bits per heavy atom. The zero-order valence-corrected chi connectivity index (χ0v) is 30.8. The molecule has 2 heterocycles. The molecule has 14 heteroatoms. The van der Waals surface area contributed by atoms with Gasteiger partial charge in [0.1, 0.15) is 23.0 Å². The monoisotopic (exact) mass is 763 g/mol. The van der Waals surface area contributed by atoms with Crippen molar-refractivity contribution in [2.75, 3.05) is 47.5 Å². The highest BCUT2D eigenvalue weighted by molar-refractivity contribution is 6.02. The van der Waals surface area contributed by atoms with Gasteiger partial charge >= 0.3 is 18.3 Å². The van der Waals surface area contributed by atoms with Crippen LogP contribution in [0.3, 0.4) is 0 Å². The van der Waals surface area contributed by atoms with Crippen molar-refractivity contribution < 1.29 is 50.1 Å². The number of fused-ring (bicyclic) bond motifs is 2. The molecule has 54 heavy (non-hydrogen) atoms. The Morgan fingerprint density at radius 3 is 2.22 bits per heavy atom. The first-order valence-electron chi connectivity index (χ1n) is 18.5. The Bertz CT molecular complexity index is 1830. The average Bonchev–Trinajstić information content (AvgIpc) is 3.15. The topological polar surface area (TPSA) is 80.3 Å². The molecule has 1 saturated heterocycles. The summed E-state index contributed by atoms with van der Waals surface area (Å²) >= 11 is 0. The third kappa shape index (κ3) is 8.00. The SMILES string of the molecule is COC(=O)[C@H](Cc1cccc2c(-c3c(OC)cc4c(c3OC)CN(C3CCCCC3)CC4)cccc12)NC(=O)C1(C(F)(F)F)CCN(CC(F)(F)F)CC1. The van der Waals surface area contributed by atoms with Crippen molar-refractivity contribution in [3.8, 4) is 22.6 Å². The van der Waals surface area contributed by atoms with Crippen molar-refractivity contribution in [1.82, 2.24) is 15.1 Å². The highest BCUT2D eigenvalue weighted by atomic mass is 19.4. The molecule has 1 amide bonds. The van der Waals surface area contributed by atoms with Gasteiger partial charge in [0, 0.05) is 31.1 Å². The predicted molar refractivity (Wildman–Crippen MR) is 191 cm³/mol. The van der Waals surface area contributed by atoms with E-state index in [1.54, 1.807) is 26.4 Å². The highest BCUT2D eigenvalue weighted by Crippen LogP contribution is 2.49. The molecule has 1 saturated carbocycles. The number of nitrogens with zero attached hydrogens (tertiary/aromatic N) is 2. The number of rotatable bonds is 10. The van der Waals surface area contributed by atoms with Gasteiger partial charge in [-0.25, -0.2) is 4.79 Å². The molecule has 6 rings (SSSR count). The number of halogens is 6. The van der Waals surface area contributed by atoms with Gasteiger partial charge in [-0.05, 0) is 78.7 Å². The molecule has 2 aliphatic heterocycles.